The van der Waals surface area contributed by atoms with Gasteiger partial charge < -0.3 is 30.6 Å². The molecule has 0 radical (unpaired) electrons. The van der Waals surface area contributed by atoms with Gasteiger partial charge in [0.25, 0.3) is 0 Å². The molecule has 6 N–H and O–H groups in total. The number of aliphatic imine (C=N–C) groups is 3. The Morgan fingerprint density at radius 2 is 0.780 bits per heavy atom. The molecule has 0 aromatic heterocycles. The lowest BCUT2D eigenvalue weighted by Crippen LogP contribution is -2.21. The quantitative estimate of drug-likeness (QED) is 0.0944. The highest BCUT2D eigenvalue weighted by Crippen LogP contribution is 2.26. The highest BCUT2D eigenvalue weighted by molar-refractivity contribution is 5.95. The fourth-order valence-electron chi connectivity index (χ4n) is 4.77. The van der Waals surface area contributed by atoms with E-state index in [-0.39, 0.29) is 37.1 Å². The van der Waals surface area contributed by atoms with Crippen molar-refractivity contribution in [2.45, 2.75) is 19.4 Å². The van der Waals surface area contributed by atoms with E-state index in [1.165, 1.54) is 0 Å². The number of fused-ring (bicyclic) bond motifs is 3. The summed E-state index contributed by atoms with van der Waals surface area (Å²) in [4.78, 5) is 12.3. The summed E-state index contributed by atoms with van der Waals surface area (Å²) in [7, 11) is 0. The zero-order valence-electron chi connectivity index (χ0n) is 28.2. The topological polar surface area (TPSA) is 158 Å². The van der Waals surface area contributed by atoms with Crippen LogP contribution >= 0.6 is 0 Å². The van der Waals surface area contributed by atoms with Gasteiger partial charge in [0.2, 0.25) is 0 Å². The number of rotatable bonds is 9. The first-order valence-electron chi connectivity index (χ1n) is 16.2. The van der Waals surface area contributed by atoms with Gasteiger partial charge in [-0.25, -0.2) is 0 Å². The molecule has 0 fully saturated rings. The molecule has 0 spiro atoms. The fraction of sp³-hybridized carbons (Fsp3) is 0.195. The van der Waals surface area contributed by atoms with Gasteiger partial charge in [0.05, 0.1) is 38.4 Å². The molecule has 9 nitrogen and oxygen atoms in total. The molecular formula is C41H43N3O6. The van der Waals surface area contributed by atoms with Crippen LogP contribution in [0.25, 0.3) is 32.3 Å². The van der Waals surface area contributed by atoms with E-state index in [0.29, 0.717) is 29.8 Å². The molecule has 0 unspecified atom stereocenters. The van der Waals surface area contributed by atoms with Crippen molar-refractivity contribution in [2.24, 2.45) is 15.0 Å². The van der Waals surface area contributed by atoms with Crippen LogP contribution in [0.5, 0.6) is 17.2 Å². The molecule has 0 aliphatic heterocycles. The van der Waals surface area contributed by atoms with Gasteiger partial charge in [-0.2, -0.15) is 0 Å². The third-order valence-corrected chi connectivity index (χ3v) is 7.54. The summed E-state index contributed by atoms with van der Waals surface area (Å²) in [6, 6.07) is 34.3. The van der Waals surface area contributed by atoms with Crippen molar-refractivity contribution in [1.82, 2.24) is 0 Å². The Labute approximate surface area is 291 Å². The maximum atomic E-state index is 9.92. The van der Waals surface area contributed by atoms with Gasteiger partial charge in [-0.05, 0) is 82.6 Å². The molecule has 6 rings (SSSR count). The van der Waals surface area contributed by atoms with E-state index < -0.39 is 5.54 Å². The van der Waals surface area contributed by atoms with E-state index in [2.05, 4.69) is 15.0 Å². The summed E-state index contributed by atoms with van der Waals surface area (Å²) in [5.74, 6) is 0.618. The zero-order chi connectivity index (χ0) is 35.9. The molecule has 0 bridgehead atoms. The minimum Gasteiger partial charge on any atom is -0.507 e. The fourth-order valence-corrected chi connectivity index (χ4v) is 4.77. The first-order chi connectivity index (χ1) is 24.1. The van der Waals surface area contributed by atoms with Gasteiger partial charge in [0, 0.05) is 35.3 Å². The predicted octanol–water partition coefficient (Wildman–Crippen LogP) is 6.65. The smallest absolute Gasteiger partial charge is 0.124 e. The molecule has 0 atom stereocenters. The van der Waals surface area contributed by atoms with Crippen LogP contribution in [0.1, 0.15) is 30.5 Å². The summed E-state index contributed by atoms with van der Waals surface area (Å²) < 4.78 is 0. The Kier molecular flexibility index (Phi) is 13.6. The van der Waals surface area contributed by atoms with Gasteiger partial charge in [-0.1, -0.05) is 72.8 Å². The van der Waals surface area contributed by atoms with E-state index in [9.17, 15) is 15.3 Å². The van der Waals surface area contributed by atoms with E-state index >= 15 is 0 Å². The first kappa shape index (κ1) is 37.2. The number of aliphatic hydroxyl groups excluding tert-OH is 3. The van der Waals surface area contributed by atoms with Gasteiger partial charge in [0.1, 0.15) is 17.2 Å². The van der Waals surface area contributed by atoms with E-state index in [1.807, 2.05) is 105 Å². The lowest BCUT2D eigenvalue weighted by atomic mass is 10.1. The van der Waals surface area contributed by atoms with Crippen LogP contribution < -0.4 is 0 Å². The van der Waals surface area contributed by atoms with Crippen molar-refractivity contribution in [3.05, 3.63) is 126 Å². The van der Waals surface area contributed by atoms with Crippen LogP contribution in [-0.2, 0) is 0 Å². The zero-order valence-corrected chi connectivity index (χ0v) is 28.2. The first-order valence-corrected chi connectivity index (χ1v) is 16.2. The van der Waals surface area contributed by atoms with Crippen LogP contribution in [0.2, 0.25) is 0 Å². The van der Waals surface area contributed by atoms with Gasteiger partial charge in [-0.15, -0.1) is 0 Å². The van der Waals surface area contributed by atoms with E-state index in [0.717, 1.165) is 32.3 Å². The number of aromatic hydroxyl groups is 3. The maximum absolute atomic E-state index is 9.92. The second-order valence-corrected chi connectivity index (χ2v) is 12.0. The molecule has 0 aliphatic rings. The van der Waals surface area contributed by atoms with Crippen LogP contribution in [-0.4, -0.2) is 87.7 Å². The third-order valence-electron chi connectivity index (χ3n) is 7.54. The van der Waals surface area contributed by atoms with Crippen molar-refractivity contribution < 1.29 is 30.6 Å². The number of phenolic OH excluding ortho intramolecular Hbond substituents is 3. The number of nitrogens with zero attached hydrogens (tertiary/aromatic N) is 3. The molecular weight excluding hydrogens is 630 g/mol. The second-order valence-electron chi connectivity index (χ2n) is 12.0. The number of aliphatic hydroxyl groups is 3. The minimum atomic E-state index is -0.530. The summed E-state index contributed by atoms with van der Waals surface area (Å²) in [6.45, 7) is 4.38. The summed E-state index contributed by atoms with van der Waals surface area (Å²) in [5, 5.41) is 62.0. The van der Waals surface area contributed by atoms with E-state index in [1.54, 1.807) is 36.8 Å². The van der Waals surface area contributed by atoms with Crippen molar-refractivity contribution in [2.75, 3.05) is 32.9 Å². The minimum absolute atomic E-state index is 0.0187. The van der Waals surface area contributed by atoms with Crippen LogP contribution in [0, 0.1) is 0 Å². The Morgan fingerprint density at radius 1 is 0.480 bits per heavy atom. The van der Waals surface area contributed by atoms with Gasteiger partial charge in [0.15, 0.2) is 0 Å². The number of hydrogen-bond acceptors (Lipinski definition) is 9. The molecule has 0 heterocycles. The average molecular weight is 674 g/mol. The normalized spacial score (nSPS) is 11.7. The molecule has 6 aromatic rings. The monoisotopic (exact) mass is 673 g/mol. The van der Waals surface area contributed by atoms with Crippen molar-refractivity contribution in [3.63, 3.8) is 0 Å². The average Bonchev–Trinajstić information content (AvgIpc) is 3.12. The predicted molar refractivity (Wildman–Crippen MR) is 205 cm³/mol. The maximum Gasteiger partial charge on any atom is 0.124 e. The molecule has 6 aromatic carbocycles. The standard InChI is InChI=1S/C15H17NO2.2C13H13NO2/c1-15(2,10-17)16-9-13-7-11-5-3-4-6-12(11)8-14(13)18;2*15-6-5-14-9-12-7-10-3-1-2-4-11(10)8-13(12)16/h3-9,17-18H,10H2,1-2H3;2*1-4,7-9,15-16H,5-6H2. The Hall–Kier alpha value is -5.61. The molecule has 0 saturated carbocycles. The Balaban J connectivity index is 0.000000169. The lowest BCUT2D eigenvalue weighted by Gasteiger charge is -2.15. The van der Waals surface area contributed by atoms with Crippen molar-refractivity contribution in [3.8, 4) is 17.2 Å². The number of phenols is 3. The Bertz CT molecular complexity index is 2010. The summed E-state index contributed by atoms with van der Waals surface area (Å²) >= 11 is 0. The summed E-state index contributed by atoms with van der Waals surface area (Å²) in [5.41, 5.74) is 1.48. The third kappa shape index (κ3) is 10.7. The lowest BCUT2D eigenvalue weighted by molar-refractivity contribution is 0.223. The SMILES string of the molecule is CC(C)(CO)N=Cc1cc2ccccc2cc1O.OCCN=Cc1cc2ccccc2cc1O.OCCN=Cc1cc2ccccc2cc1O. The highest BCUT2D eigenvalue weighted by atomic mass is 16.3. The second kappa shape index (κ2) is 18.2. The molecule has 0 saturated heterocycles. The molecule has 258 valence electrons. The highest BCUT2D eigenvalue weighted by Gasteiger charge is 2.13. The van der Waals surface area contributed by atoms with Gasteiger partial charge in [-0.3, -0.25) is 15.0 Å². The van der Waals surface area contributed by atoms with Crippen molar-refractivity contribution in [1.29, 1.82) is 0 Å². The summed E-state index contributed by atoms with van der Waals surface area (Å²) in [6.07, 6.45) is 4.77. The van der Waals surface area contributed by atoms with Crippen molar-refractivity contribution >= 4 is 51.0 Å². The number of hydrogen-bond donors (Lipinski definition) is 6. The molecule has 9 heteroatoms. The Morgan fingerprint density at radius 3 is 1.08 bits per heavy atom. The molecule has 0 aliphatic carbocycles. The molecule has 0 amide bonds. The van der Waals surface area contributed by atoms with Crippen LogP contribution in [0.4, 0.5) is 0 Å². The largest absolute Gasteiger partial charge is 0.507 e. The van der Waals surface area contributed by atoms with Crippen LogP contribution in [0.15, 0.2) is 124 Å². The van der Waals surface area contributed by atoms with Crippen LogP contribution in [0.3, 0.4) is 0 Å². The van der Waals surface area contributed by atoms with E-state index in [4.69, 9.17) is 15.3 Å². The number of benzene rings is 6. The molecule has 50 heavy (non-hydrogen) atoms. The van der Waals surface area contributed by atoms with Gasteiger partial charge >= 0.3 is 0 Å².